The van der Waals surface area contributed by atoms with E-state index in [1.807, 2.05) is 6.92 Å². The molecular weight excluding hydrogens is 116 g/mol. The predicted octanol–water partition coefficient (Wildman–Crippen LogP) is 1.45. The Kier molecular flexibility index (Phi) is 5.99. The van der Waals surface area contributed by atoms with E-state index in [2.05, 4.69) is 6.92 Å². The van der Waals surface area contributed by atoms with Crippen LogP contribution >= 0.6 is 0 Å². The normalized spacial score (nSPS) is 13.7. The summed E-state index contributed by atoms with van der Waals surface area (Å²) in [5.41, 5.74) is 0. The highest BCUT2D eigenvalue weighted by Crippen LogP contribution is 1.95. The van der Waals surface area contributed by atoms with Gasteiger partial charge in [-0.25, -0.2) is 0 Å². The maximum absolute atomic E-state index is 5.26. The zero-order valence-corrected chi connectivity index (χ0v) is 6.52. The molecule has 0 aliphatic carbocycles. The fourth-order valence-corrected chi connectivity index (χ4v) is 0.652. The summed E-state index contributed by atoms with van der Waals surface area (Å²) in [5, 5.41) is 0. The van der Waals surface area contributed by atoms with Crippen LogP contribution in [-0.4, -0.2) is 26.4 Å². The lowest BCUT2D eigenvalue weighted by molar-refractivity contribution is 0.0488. The molecule has 0 saturated heterocycles. The van der Waals surface area contributed by atoms with Gasteiger partial charge in [-0.15, -0.1) is 0 Å². The van der Waals surface area contributed by atoms with E-state index in [4.69, 9.17) is 9.47 Å². The molecule has 0 amide bonds. The molecule has 0 aliphatic rings. The lowest BCUT2D eigenvalue weighted by Crippen LogP contribution is -2.10. The van der Waals surface area contributed by atoms with E-state index < -0.39 is 0 Å². The molecule has 2 heteroatoms. The second-order valence-electron chi connectivity index (χ2n) is 2.05. The van der Waals surface area contributed by atoms with E-state index in [-0.39, 0.29) is 0 Å². The summed E-state index contributed by atoms with van der Waals surface area (Å²) < 4.78 is 10.1. The first-order valence-electron chi connectivity index (χ1n) is 3.41. The molecule has 0 saturated carbocycles. The standard InChI is InChI=1S/C7H16O2/c1-4-9-7(2)5-6-8-3/h7H,4-6H2,1-3H3. The Morgan fingerprint density at radius 3 is 2.56 bits per heavy atom. The number of hydrogen-bond acceptors (Lipinski definition) is 2. The van der Waals surface area contributed by atoms with Gasteiger partial charge in [-0.2, -0.15) is 0 Å². The second kappa shape index (κ2) is 6.05. The zero-order chi connectivity index (χ0) is 7.11. The molecule has 0 radical (unpaired) electrons. The van der Waals surface area contributed by atoms with E-state index in [0.29, 0.717) is 6.10 Å². The molecule has 0 spiro atoms. The Morgan fingerprint density at radius 2 is 2.11 bits per heavy atom. The van der Waals surface area contributed by atoms with Gasteiger partial charge in [-0.05, 0) is 20.3 Å². The molecule has 0 heterocycles. The molecule has 0 fully saturated rings. The maximum Gasteiger partial charge on any atom is 0.0568 e. The van der Waals surface area contributed by atoms with Crippen LogP contribution in [0.2, 0.25) is 0 Å². The Bertz CT molecular complexity index is 54.9. The first kappa shape index (κ1) is 8.92. The third kappa shape index (κ3) is 5.80. The van der Waals surface area contributed by atoms with E-state index in [0.717, 1.165) is 19.6 Å². The lowest BCUT2D eigenvalue weighted by Gasteiger charge is -2.09. The molecule has 0 aromatic carbocycles. The van der Waals surface area contributed by atoms with Crippen molar-refractivity contribution >= 4 is 0 Å². The highest BCUT2D eigenvalue weighted by Gasteiger charge is 1.97. The van der Waals surface area contributed by atoms with Gasteiger partial charge in [-0.3, -0.25) is 0 Å². The molecule has 56 valence electrons. The SMILES string of the molecule is CCOC(C)CCOC. The van der Waals surface area contributed by atoms with Crippen molar-refractivity contribution < 1.29 is 9.47 Å². The Hall–Kier alpha value is -0.0800. The average Bonchev–Trinajstić information content (AvgIpc) is 1.85. The number of rotatable bonds is 5. The molecule has 0 bridgehead atoms. The molecular formula is C7H16O2. The monoisotopic (exact) mass is 132 g/mol. The highest BCUT2D eigenvalue weighted by molar-refractivity contribution is 4.46. The zero-order valence-electron chi connectivity index (χ0n) is 6.52. The maximum atomic E-state index is 5.26. The van der Waals surface area contributed by atoms with Crippen LogP contribution in [0.3, 0.4) is 0 Å². The predicted molar refractivity (Wildman–Crippen MR) is 37.6 cm³/mol. The molecule has 0 aromatic heterocycles. The topological polar surface area (TPSA) is 18.5 Å². The van der Waals surface area contributed by atoms with Crippen molar-refractivity contribution in [3.63, 3.8) is 0 Å². The molecule has 1 unspecified atom stereocenters. The van der Waals surface area contributed by atoms with Crippen molar-refractivity contribution in [3.8, 4) is 0 Å². The van der Waals surface area contributed by atoms with Gasteiger partial charge in [-0.1, -0.05) is 0 Å². The van der Waals surface area contributed by atoms with Crippen LogP contribution in [0.4, 0.5) is 0 Å². The average molecular weight is 132 g/mol. The summed E-state index contributed by atoms with van der Waals surface area (Å²) in [4.78, 5) is 0. The first-order chi connectivity index (χ1) is 4.31. The van der Waals surface area contributed by atoms with Crippen LogP contribution in [0.15, 0.2) is 0 Å². The minimum Gasteiger partial charge on any atom is -0.385 e. The minimum absolute atomic E-state index is 0.343. The fourth-order valence-electron chi connectivity index (χ4n) is 0.652. The largest absolute Gasteiger partial charge is 0.385 e. The second-order valence-corrected chi connectivity index (χ2v) is 2.05. The molecule has 0 rings (SSSR count). The van der Waals surface area contributed by atoms with Gasteiger partial charge in [0.05, 0.1) is 6.10 Å². The van der Waals surface area contributed by atoms with Crippen LogP contribution < -0.4 is 0 Å². The number of hydrogen-bond donors (Lipinski definition) is 0. The Balaban J connectivity index is 2.95. The van der Waals surface area contributed by atoms with E-state index in [9.17, 15) is 0 Å². The molecule has 0 N–H and O–H groups in total. The third-order valence-electron chi connectivity index (χ3n) is 1.18. The molecule has 2 nitrogen and oxygen atoms in total. The van der Waals surface area contributed by atoms with Crippen LogP contribution in [0.1, 0.15) is 20.3 Å². The van der Waals surface area contributed by atoms with Gasteiger partial charge in [0.2, 0.25) is 0 Å². The van der Waals surface area contributed by atoms with Gasteiger partial charge in [0.25, 0.3) is 0 Å². The van der Waals surface area contributed by atoms with Crippen molar-refractivity contribution in [2.75, 3.05) is 20.3 Å². The fraction of sp³-hybridized carbons (Fsp3) is 1.00. The Morgan fingerprint density at radius 1 is 1.44 bits per heavy atom. The van der Waals surface area contributed by atoms with Crippen molar-refractivity contribution in [2.45, 2.75) is 26.4 Å². The van der Waals surface area contributed by atoms with Crippen molar-refractivity contribution in [1.29, 1.82) is 0 Å². The minimum atomic E-state index is 0.343. The highest BCUT2D eigenvalue weighted by atomic mass is 16.5. The van der Waals surface area contributed by atoms with Crippen LogP contribution in [0, 0.1) is 0 Å². The lowest BCUT2D eigenvalue weighted by atomic mass is 10.3. The van der Waals surface area contributed by atoms with Gasteiger partial charge in [0.15, 0.2) is 0 Å². The Labute approximate surface area is 57.2 Å². The first-order valence-corrected chi connectivity index (χ1v) is 3.41. The van der Waals surface area contributed by atoms with Gasteiger partial charge >= 0.3 is 0 Å². The van der Waals surface area contributed by atoms with E-state index in [1.165, 1.54) is 0 Å². The van der Waals surface area contributed by atoms with Crippen LogP contribution in [0.5, 0.6) is 0 Å². The smallest absolute Gasteiger partial charge is 0.0568 e. The molecule has 0 aromatic rings. The number of ether oxygens (including phenoxy) is 2. The van der Waals surface area contributed by atoms with Gasteiger partial charge in [0, 0.05) is 20.3 Å². The van der Waals surface area contributed by atoms with Crippen molar-refractivity contribution in [3.05, 3.63) is 0 Å². The number of methoxy groups -OCH3 is 1. The summed E-state index contributed by atoms with van der Waals surface area (Å²) in [6.07, 6.45) is 1.33. The summed E-state index contributed by atoms with van der Waals surface area (Å²) in [6, 6.07) is 0. The molecule has 9 heavy (non-hydrogen) atoms. The van der Waals surface area contributed by atoms with Gasteiger partial charge < -0.3 is 9.47 Å². The quantitative estimate of drug-likeness (QED) is 0.563. The van der Waals surface area contributed by atoms with Gasteiger partial charge in [0.1, 0.15) is 0 Å². The molecule has 1 atom stereocenters. The van der Waals surface area contributed by atoms with Crippen LogP contribution in [-0.2, 0) is 9.47 Å². The van der Waals surface area contributed by atoms with E-state index >= 15 is 0 Å². The van der Waals surface area contributed by atoms with E-state index in [1.54, 1.807) is 7.11 Å². The summed E-state index contributed by atoms with van der Waals surface area (Å²) in [5.74, 6) is 0. The van der Waals surface area contributed by atoms with Crippen molar-refractivity contribution in [1.82, 2.24) is 0 Å². The summed E-state index contributed by atoms with van der Waals surface area (Å²) >= 11 is 0. The van der Waals surface area contributed by atoms with Crippen molar-refractivity contribution in [2.24, 2.45) is 0 Å². The third-order valence-corrected chi connectivity index (χ3v) is 1.18. The van der Waals surface area contributed by atoms with Crippen LogP contribution in [0.25, 0.3) is 0 Å². The molecule has 0 aliphatic heterocycles. The summed E-state index contributed by atoms with van der Waals surface area (Å²) in [7, 11) is 1.71. The summed E-state index contributed by atoms with van der Waals surface area (Å²) in [6.45, 7) is 5.65.